The van der Waals surface area contributed by atoms with E-state index in [0.29, 0.717) is 22.4 Å². The summed E-state index contributed by atoms with van der Waals surface area (Å²) in [5.41, 5.74) is 1.80. The zero-order valence-electron chi connectivity index (χ0n) is 11.1. The number of aliphatic hydroxyl groups is 1. The molecule has 4 heteroatoms. The molecule has 0 amide bonds. The number of benzene rings is 1. The average Bonchev–Trinajstić information content (AvgIpc) is 2.65. The summed E-state index contributed by atoms with van der Waals surface area (Å²) in [5, 5.41) is 10.2. The molecule has 0 aliphatic carbocycles. The van der Waals surface area contributed by atoms with Crippen LogP contribution < -0.4 is 4.74 Å². The summed E-state index contributed by atoms with van der Waals surface area (Å²) in [6, 6.07) is 4.99. The molecule has 0 radical (unpaired) electrons. The lowest BCUT2D eigenvalue weighted by molar-refractivity contribution is -0.112. The highest BCUT2D eigenvalue weighted by Gasteiger charge is 2.34. The van der Waals surface area contributed by atoms with E-state index in [1.165, 1.54) is 19.9 Å². The molecule has 4 nitrogen and oxygen atoms in total. The Morgan fingerprint density at radius 2 is 1.95 bits per heavy atom. The number of allylic oxidation sites excluding steroid dienone is 1. The zero-order valence-corrected chi connectivity index (χ0v) is 11.1. The topological polar surface area (TPSA) is 63.6 Å². The second kappa shape index (κ2) is 4.97. The molecule has 1 aromatic rings. The Balaban J connectivity index is 2.34. The first-order chi connectivity index (χ1) is 8.90. The second-order valence-electron chi connectivity index (χ2n) is 4.79. The molecule has 2 rings (SSSR count). The largest absolute Gasteiger partial charge is 0.483 e. The van der Waals surface area contributed by atoms with E-state index < -0.39 is 12.2 Å². The molecule has 2 atom stereocenters. The van der Waals surface area contributed by atoms with E-state index in [0.717, 1.165) is 0 Å². The van der Waals surface area contributed by atoms with Crippen molar-refractivity contribution in [2.45, 2.75) is 33.0 Å². The number of hydrogen-bond donors (Lipinski definition) is 1. The molecule has 100 valence electrons. The molecular weight excluding hydrogens is 244 g/mol. The quantitative estimate of drug-likeness (QED) is 0.668. The summed E-state index contributed by atoms with van der Waals surface area (Å²) < 4.78 is 5.63. The molecule has 2 unspecified atom stereocenters. The van der Waals surface area contributed by atoms with Crippen molar-refractivity contribution >= 4 is 11.6 Å². The van der Waals surface area contributed by atoms with Crippen LogP contribution in [-0.2, 0) is 4.79 Å². The van der Waals surface area contributed by atoms with Crippen molar-refractivity contribution in [3.8, 4) is 5.75 Å². The number of ketones is 2. The third kappa shape index (κ3) is 2.58. The third-order valence-corrected chi connectivity index (χ3v) is 3.16. The maximum atomic E-state index is 11.3. The Morgan fingerprint density at radius 1 is 1.26 bits per heavy atom. The molecule has 1 aliphatic heterocycles. The van der Waals surface area contributed by atoms with E-state index in [2.05, 4.69) is 0 Å². The van der Waals surface area contributed by atoms with Crippen LogP contribution in [-0.4, -0.2) is 22.8 Å². The normalized spacial score (nSPS) is 21.8. The first-order valence-electron chi connectivity index (χ1n) is 6.08. The van der Waals surface area contributed by atoms with E-state index in [9.17, 15) is 14.7 Å². The summed E-state index contributed by atoms with van der Waals surface area (Å²) in [6.07, 6.45) is 0.0251. The van der Waals surface area contributed by atoms with Crippen LogP contribution in [0.15, 0.2) is 29.8 Å². The molecule has 1 aliphatic rings. The minimum Gasteiger partial charge on any atom is -0.483 e. The highest BCUT2D eigenvalue weighted by atomic mass is 16.5. The van der Waals surface area contributed by atoms with Gasteiger partial charge in [0.25, 0.3) is 0 Å². The Bertz CT molecular complexity index is 572. The number of Topliss-reactive ketones (excluding diaryl/α,β-unsaturated/α-hetero) is 1. The zero-order chi connectivity index (χ0) is 14.2. The van der Waals surface area contributed by atoms with Crippen LogP contribution in [0.3, 0.4) is 0 Å². The first-order valence-corrected chi connectivity index (χ1v) is 6.08. The Labute approximate surface area is 111 Å². The standard InChI is InChI=1S/C15H16O4/c1-8(6-9(2)16)15-14(18)12-7-11(10(3)17)4-5-13(12)19-15/h4-7,14-15,18H,1-3H3/b8-6+. The van der Waals surface area contributed by atoms with Gasteiger partial charge < -0.3 is 9.84 Å². The van der Waals surface area contributed by atoms with Crippen LogP contribution in [0.25, 0.3) is 0 Å². The first kappa shape index (κ1) is 13.5. The van der Waals surface area contributed by atoms with E-state index in [1.54, 1.807) is 25.1 Å². The van der Waals surface area contributed by atoms with E-state index >= 15 is 0 Å². The number of aliphatic hydroxyl groups excluding tert-OH is 1. The molecule has 0 aromatic heterocycles. The monoisotopic (exact) mass is 260 g/mol. The smallest absolute Gasteiger partial charge is 0.159 e. The van der Waals surface area contributed by atoms with Gasteiger partial charge in [-0.15, -0.1) is 0 Å². The summed E-state index contributed by atoms with van der Waals surface area (Å²) >= 11 is 0. The summed E-state index contributed by atoms with van der Waals surface area (Å²) in [5.74, 6) is 0.405. The lowest BCUT2D eigenvalue weighted by Crippen LogP contribution is -2.20. The highest BCUT2D eigenvalue weighted by molar-refractivity contribution is 5.94. The molecule has 1 heterocycles. The second-order valence-corrected chi connectivity index (χ2v) is 4.79. The Morgan fingerprint density at radius 3 is 2.53 bits per heavy atom. The molecule has 19 heavy (non-hydrogen) atoms. The molecule has 1 N–H and O–H groups in total. The molecule has 1 aromatic carbocycles. The third-order valence-electron chi connectivity index (χ3n) is 3.16. The van der Waals surface area contributed by atoms with Gasteiger partial charge in [-0.2, -0.15) is 0 Å². The maximum Gasteiger partial charge on any atom is 0.159 e. The van der Waals surface area contributed by atoms with Crippen molar-refractivity contribution in [1.29, 1.82) is 0 Å². The fraction of sp³-hybridized carbons (Fsp3) is 0.333. The van der Waals surface area contributed by atoms with Gasteiger partial charge in [-0.3, -0.25) is 9.59 Å². The van der Waals surface area contributed by atoms with Crippen molar-refractivity contribution in [2.24, 2.45) is 0 Å². The van der Waals surface area contributed by atoms with Crippen molar-refractivity contribution in [3.63, 3.8) is 0 Å². The van der Waals surface area contributed by atoms with E-state index in [1.807, 2.05) is 0 Å². The molecule has 0 saturated heterocycles. The van der Waals surface area contributed by atoms with Crippen molar-refractivity contribution in [1.82, 2.24) is 0 Å². The van der Waals surface area contributed by atoms with Gasteiger partial charge in [0.05, 0.1) is 0 Å². The van der Waals surface area contributed by atoms with E-state index in [-0.39, 0.29) is 11.6 Å². The van der Waals surface area contributed by atoms with Crippen LogP contribution in [0.2, 0.25) is 0 Å². The van der Waals surface area contributed by atoms with Gasteiger partial charge in [-0.1, -0.05) is 0 Å². The Hall–Kier alpha value is -1.94. The predicted octanol–water partition coefficient (Wildman–Crippen LogP) is 2.22. The number of fused-ring (bicyclic) bond motifs is 1. The van der Waals surface area contributed by atoms with Crippen molar-refractivity contribution in [2.75, 3.05) is 0 Å². The molecular formula is C15H16O4. The van der Waals surface area contributed by atoms with Gasteiger partial charge in [0.1, 0.15) is 11.9 Å². The molecule has 0 saturated carbocycles. The molecule has 0 fully saturated rings. The van der Waals surface area contributed by atoms with Crippen molar-refractivity contribution in [3.05, 3.63) is 41.0 Å². The van der Waals surface area contributed by atoms with Gasteiger partial charge >= 0.3 is 0 Å². The lowest BCUT2D eigenvalue weighted by atomic mass is 9.98. The number of carbonyl (C=O) groups excluding carboxylic acids is 2. The number of carbonyl (C=O) groups is 2. The van der Waals surface area contributed by atoms with Crippen molar-refractivity contribution < 1.29 is 19.4 Å². The number of ether oxygens (including phenoxy) is 1. The highest BCUT2D eigenvalue weighted by Crippen LogP contribution is 2.39. The van der Waals surface area contributed by atoms with Gasteiger partial charge in [-0.25, -0.2) is 0 Å². The van der Waals surface area contributed by atoms with Gasteiger partial charge in [0.2, 0.25) is 0 Å². The van der Waals surface area contributed by atoms with Gasteiger partial charge in [0.15, 0.2) is 17.7 Å². The number of hydrogen-bond acceptors (Lipinski definition) is 4. The van der Waals surface area contributed by atoms with Crippen LogP contribution in [0.4, 0.5) is 0 Å². The SMILES string of the molecule is CC(=O)/C=C(\C)C1Oc2ccc(C(C)=O)cc2C1O. The molecule has 0 bridgehead atoms. The van der Waals surface area contributed by atoms with Crippen LogP contribution in [0.5, 0.6) is 5.75 Å². The Kier molecular flexibility index (Phi) is 3.53. The summed E-state index contributed by atoms with van der Waals surface area (Å²) in [7, 11) is 0. The average molecular weight is 260 g/mol. The summed E-state index contributed by atoms with van der Waals surface area (Å²) in [4.78, 5) is 22.4. The van der Waals surface area contributed by atoms with Gasteiger partial charge in [0, 0.05) is 11.1 Å². The predicted molar refractivity (Wildman–Crippen MR) is 70.3 cm³/mol. The molecule has 0 spiro atoms. The summed E-state index contributed by atoms with van der Waals surface area (Å²) in [6.45, 7) is 4.67. The minimum absolute atomic E-state index is 0.0607. The van der Waals surface area contributed by atoms with E-state index in [4.69, 9.17) is 4.74 Å². The fourth-order valence-corrected chi connectivity index (χ4v) is 2.21. The minimum atomic E-state index is -0.857. The maximum absolute atomic E-state index is 11.3. The fourth-order valence-electron chi connectivity index (χ4n) is 2.21. The lowest BCUT2D eigenvalue weighted by Gasteiger charge is -2.14. The van der Waals surface area contributed by atoms with Crippen LogP contribution in [0, 0.1) is 0 Å². The van der Waals surface area contributed by atoms with Crippen LogP contribution in [0.1, 0.15) is 42.8 Å². The van der Waals surface area contributed by atoms with Gasteiger partial charge in [-0.05, 0) is 50.6 Å². The van der Waals surface area contributed by atoms with Crippen LogP contribution >= 0.6 is 0 Å². The number of rotatable bonds is 3.